The maximum absolute atomic E-state index is 13.6. The number of thiophene rings is 1. The first kappa shape index (κ1) is 26.3. The summed E-state index contributed by atoms with van der Waals surface area (Å²) in [5.74, 6) is -0.414. The minimum Gasteiger partial charge on any atom is -0.348 e. The zero-order valence-corrected chi connectivity index (χ0v) is 21.7. The van der Waals surface area contributed by atoms with E-state index in [-0.39, 0.29) is 42.3 Å². The van der Waals surface area contributed by atoms with Crippen LogP contribution in [0.15, 0.2) is 24.5 Å². The summed E-state index contributed by atoms with van der Waals surface area (Å²) in [6, 6.07) is 2.80. The van der Waals surface area contributed by atoms with Crippen molar-refractivity contribution >= 4 is 39.4 Å². The molecule has 2 N–H and O–H groups in total. The van der Waals surface area contributed by atoms with Crippen molar-refractivity contribution in [3.8, 4) is 0 Å². The molecule has 0 bridgehead atoms. The number of nitrogens with zero attached hydrogens (tertiary/aromatic N) is 5. The normalized spacial score (nSPS) is 14.1. The number of anilines is 1. The fourth-order valence-corrected chi connectivity index (χ4v) is 4.54. The van der Waals surface area contributed by atoms with Gasteiger partial charge in [0.25, 0.3) is 5.91 Å². The predicted octanol–water partition coefficient (Wildman–Crippen LogP) is 4.57. The van der Waals surface area contributed by atoms with E-state index in [9.17, 15) is 14.0 Å². The molecule has 0 radical (unpaired) electrons. The van der Waals surface area contributed by atoms with Crippen molar-refractivity contribution in [1.82, 2.24) is 30.1 Å². The molecule has 1 aliphatic rings. The third-order valence-electron chi connectivity index (χ3n) is 5.24. The smallest absolute Gasteiger partial charge is 0.319 e. The fraction of sp³-hybridized carbons (Fsp3) is 0.458. The van der Waals surface area contributed by atoms with Crippen LogP contribution in [0.5, 0.6) is 0 Å². The van der Waals surface area contributed by atoms with Crippen LogP contribution >= 0.6 is 11.3 Å². The minimum absolute atomic E-state index is 0.0155. The third kappa shape index (κ3) is 6.21. The van der Waals surface area contributed by atoms with Gasteiger partial charge in [-0.3, -0.25) is 9.78 Å². The number of carbonyl (C=O) groups is 2. The second-order valence-electron chi connectivity index (χ2n) is 8.35. The van der Waals surface area contributed by atoms with Gasteiger partial charge in [0, 0.05) is 30.2 Å². The highest BCUT2D eigenvalue weighted by atomic mass is 32.1. The van der Waals surface area contributed by atoms with Crippen molar-refractivity contribution in [3.05, 3.63) is 46.5 Å². The predicted molar refractivity (Wildman–Crippen MR) is 136 cm³/mol. The largest absolute Gasteiger partial charge is 0.348 e. The molecule has 4 rings (SSSR count). The number of fused-ring (bicyclic) bond motifs is 1. The van der Waals surface area contributed by atoms with E-state index < -0.39 is 5.82 Å². The Hall–Kier alpha value is -3.34. The molecule has 0 aliphatic carbocycles. The average Bonchev–Trinajstić information content (AvgIpc) is 3.45. The van der Waals surface area contributed by atoms with Gasteiger partial charge in [-0.25, -0.2) is 19.2 Å². The van der Waals surface area contributed by atoms with Crippen LogP contribution in [0.3, 0.4) is 0 Å². The van der Waals surface area contributed by atoms with Crippen molar-refractivity contribution in [2.75, 3.05) is 25.1 Å². The Labute approximate surface area is 208 Å². The van der Waals surface area contributed by atoms with Crippen LogP contribution in [0.2, 0.25) is 0 Å². The highest BCUT2D eigenvalue weighted by Gasteiger charge is 2.31. The molecule has 9 nitrogen and oxygen atoms in total. The number of pyridine rings is 1. The Kier molecular flexibility index (Phi) is 8.55. The molecule has 1 saturated heterocycles. The summed E-state index contributed by atoms with van der Waals surface area (Å²) >= 11 is 1.45. The van der Waals surface area contributed by atoms with Gasteiger partial charge >= 0.3 is 6.03 Å². The Morgan fingerprint density at radius 2 is 1.80 bits per heavy atom. The van der Waals surface area contributed by atoms with E-state index in [4.69, 9.17) is 0 Å². The summed E-state index contributed by atoms with van der Waals surface area (Å²) in [5.41, 5.74) is 1.59. The number of aromatic nitrogens is 3. The molecule has 1 aliphatic heterocycles. The lowest BCUT2D eigenvalue weighted by Crippen LogP contribution is -2.43. The minimum atomic E-state index is -0.429. The van der Waals surface area contributed by atoms with E-state index >= 15 is 0 Å². The first-order chi connectivity index (χ1) is 16.7. The number of carbonyl (C=O) groups excluding carboxylic acids is 2. The molecule has 0 unspecified atom stereocenters. The SMILES string of the molecule is CC.Cc1cc2nc(N[C@@H](C)c3cncc(F)c3)nc(C(=O)N3CCN(C(=O)NC(C)C)C3)c2s1. The number of hydrogen-bond acceptors (Lipinski definition) is 7. The summed E-state index contributed by atoms with van der Waals surface area (Å²) in [6.45, 7) is 12.6. The molecule has 1 atom stereocenters. The second-order valence-corrected chi connectivity index (χ2v) is 9.60. The molecule has 0 spiro atoms. The number of urea groups is 1. The second kappa shape index (κ2) is 11.4. The van der Waals surface area contributed by atoms with E-state index in [0.29, 0.717) is 28.9 Å². The van der Waals surface area contributed by atoms with Crippen molar-refractivity contribution in [2.24, 2.45) is 0 Å². The Morgan fingerprint density at radius 1 is 1.09 bits per heavy atom. The molecular formula is C24H32FN7O2S. The topological polar surface area (TPSA) is 103 Å². The van der Waals surface area contributed by atoms with Crippen LogP contribution in [0.4, 0.5) is 15.1 Å². The number of nitrogens with one attached hydrogen (secondary N) is 2. The van der Waals surface area contributed by atoms with E-state index in [1.54, 1.807) is 16.0 Å². The molecule has 35 heavy (non-hydrogen) atoms. The molecule has 1 fully saturated rings. The van der Waals surface area contributed by atoms with Crippen LogP contribution in [0.1, 0.15) is 61.6 Å². The van der Waals surface area contributed by atoms with Crippen LogP contribution in [0.25, 0.3) is 10.2 Å². The number of halogens is 1. The first-order valence-electron chi connectivity index (χ1n) is 11.7. The van der Waals surface area contributed by atoms with Crippen molar-refractivity contribution in [2.45, 2.75) is 53.6 Å². The number of aryl methyl sites for hydroxylation is 1. The lowest BCUT2D eigenvalue weighted by molar-refractivity contribution is 0.0770. The Balaban J connectivity index is 0.00000167. The van der Waals surface area contributed by atoms with E-state index in [2.05, 4.69) is 25.6 Å². The van der Waals surface area contributed by atoms with Gasteiger partial charge < -0.3 is 20.4 Å². The van der Waals surface area contributed by atoms with Crippen molar-refractivity contribution in [3.63, 3.8) is 0 Å². The van der Waals surface area contributed by atoms with Gasteiger partial charge in [0.05, 0.1) is 29.1 Å². The molecule has 11 heteroatoms. The van der Waals surface area contributed by atoms with E-state index in [1.807, 2.05) is 47.6 Å². The van der Waals surface area contributed by atoms with Gasteiger partial charge in [-0.1, -0.05) is 13.8 Å². The van der Waals surface area contributed by atoms with Crippen LogP contribution in [-0.4, -0.2) is 62.5 Å². The summed E-state index contributed by atoms with van der Waals surface area (Å²) in [5, 5.41) is 6.00. The molecule has 188 valence electrons. The molecule has 0 saturated carbocycles. The Morgan fingerprint density at radius 3 is 2.49 bits per heavy atom. The monoisotopic (exact) mass is 501 g/mol. The first-order valence-corrected chi connectivity index (χ1v) is 12.5. The standard InChI is InChI=1S/C22H26FN7O2S.C2H6/c1-12(2)25-22(32)30-6-5-29(11-30)20(31)18-19-17(7-13(3)33-19)27-21(28-18)26-14(4)15-8-16(23)10-24-9-15;1-2/h7-10,12,14H,5-6,11H2,1-4H3,(H,25,32)(H,26,27,28);1-2H3/t14-;/m0./s1. The van der Waals surface area contributed by atoms with Crippen LogP contribution in [0, 0.1) is 12.7 Å². The summed E-state index contributed by atoms with van der Waals surface area (Å²) in [7, 11) is 0. The van der Waals surface area contributed by atoms with Crippen molar-refractivity contribution < 1.29 is 14.0 Å². The van der Waals surface area contributed by atoms with E-state index in [1.165, 1.54) is 17.4 Å². The maximum Gasteiger partial charge on any atom is 0.319 e. The molecule has 3 aromatic rings. The maximum atomic E-state index is 13.6. The number of rotatable bonds is 5. The van der Waals surface area contributed by atoms with Crippen LogP contribution < -0.4 is 10.6 Å². The van der Waals surface area contributed by atoms with Crippen LogP contribution in [-0.2, 0) is 0 Å². The van der Waals surface area contributed by atoms with Gasteiger partial charge in [0.1, 0.15) is 5.82 Å². The van der Waals surface area contributed by atoms with E-state index in [0.717, 1.165) is 11.1 Å². The molecule has 3 amide bonds. The Bertz CT molecular complexity index is 1200. The molecular weight excluding hydrogens is 469 g/mol. The lowest BCUT2D eigenvalue weighted by Gasteiger charge is -2.20. The zero-order chi connectivity index (χ0) is 25.7. The summed E-state index contributed by atoms with van der Waals surface area (Å²) in [4.78, 5) is 42.9. The number of amides is 3. The van der Waals surface area contributed by atoms with Gasteiger partial charge in [0.2, 0.25) is 5.95 Å². The summed E-state index contributed by atoms with van der Waals surface area (Å²) in [6.07, 6.45) is 2.71. The molecule has 4 heterocycles. The number of hydrogen-bond donors (Lipinski definition) is 2. The molecule has 3 aromatic heterocycles. The zero-order valence-electron chi connectivity index (χ0n) is 20.9. The lowest BCUT2D eigenvalue weighted by atomic mass is 10.1. The highest BCUT2D eigenvalue weighted by molar-refractivity contribution is 7.19. The fourth-order valence-electron chi connectivity index (χ4n) is 3.61. The van der Waals surface area contributed by atoms with Crippen molar-refractivity contribution in [1.29, 1.82) is 0 Å². The van der Waals surface area contributed by atoms with Gasteiger partial charge in [-0.15, -0.1) is 11.3 Å². The third-order valence-corrected chi connectivity index (χ3v) is 6.28. The summed E-state index contributed by atoms with van der Waals surface area (Å²) < 4.78 is 14.3. The average molecular weight is 502 g/mol. The molecule has 0 aromatic carbocycles. The van der Waals surface area contributed by atoms with Gasteiger partial charge in [-0.05, 0) is 45.4 Å². The van der Waals surface area contributed by atoms with Gasteiger partial charge in [0.15, 0.2) is 5.69 Å². The quantitative estimate of drug-likeness (QED) is 0.531. The highest BCUT2D eigenvalue weighted by Crippen LogP contribution is 2.29. The van der Waals surface area contributed by atoms with Gasteiger partial charge in [-0.2, -0.15) is 0 Å².